The second kappa shape index (κ2) is 5.78. The summed E-state index contributed by atoms with van der Waals surface area (Å²) in [5.74, 6) is -1.49. The summed E-state index contributed by atoms with van der Waals surface area (Å²) < 4.78 is 56.1. The van der Waals surface area contributed by atoms with Crippen LogP contribution in [0.3, 0.4) is 0 Å². The summed E-state index contributed by atoms with van der Waals surface area (Å²) >= 11 is 0. The van der Waals surface area contributed by atoms with Gasteiger partial charge >= 0.3 is 6.18 Å². The average Bonchev–Trinajstić information content (AvgIpc) is 2.56. The number of rotatable bonds is 2. The molecular formula is C13H13F4NO2. The largest absolute Gasteiger partial charge is 0.419 e. The van der Waals surface area contributed by atoms with E-state index < -0.39 is 17.6 Å². The Morgan fingerprint density at radius 1 is 1.25 bits per heavy atom. The molecule has 1 heterocycles. The van der Waals surface area contributed by atoms with Gasteiger partial charge in [0.15, 0.2) is 0 Å². The van der Waals surface area contributed by atoms with Crippen LogP contribution in [0.4, 0.5) is 17.6 Å². The van der Waals surface area contributed by atoms with Gasteiger partial charge < -0.3 is 9.64 Å². The quantitative estimate of drug-likeness (QED) is 0.784. The Balaban J connectivity index is 2.19. The van der Waals surface area contributed by atoms with Crippen LogP contribution in [-0.2, 0) is 22.3 Å². The number of alkyl halides is 3. The van der Waals surface area contributed by atoms with Crippen LogP contribution >= 0.6 is 0 Å². The van der Waals surface area contributed by atoms with Crippen molar-refractivity contribution in [3.8, 4) is 0 Å². The van der Waals surface area contributed by atoms with E-state index in [1.54, 1.807) is 0 Å². The predicted molar refractivity (Wildman–Crippen MR) is 62.3 cm³/mol. The highest BCUT2D eigenvalue weighted by Gasteiger charge is 2.34. The Morgan fingerprint density at radius 3 is 2.70 bits per heavy atom. The summed E-state index contributed by atoms with van der Waals surface area (Å²) in [6, 6.07) is 2.77. The van der Waals surface area contributed by atoms with E-state index in [1.165, 1.54) is 11.0 Å². The van der Waals surface area contributed by atoms with Crippen molar-refractivity contribution >= 4 is 5.91 Å². The number of carbonyl (C=O) groups excluding carboxylic acids is 1. The van der Waals surface area contributed by atoms with E-state index in [0.29, 0.717) is 19.8 Å². The zero-order chi connectivity index (χ0) is 14.8. The number of nitrogens with zero attached hydrogens (tertiary/aromatic N) is 1. The molecule has 0 N–H and O–H groups in total. The van der Waals surface area contributed by atoms with Crippen LogP contribution in [0.25, 0.3) is 0 Å². The maximum absolute atomic E-state index is 13.2. The third kappa shape index (κ3) is 3.47. The Kier molecular flexibility index (Phi) is 4.27. The van der Waals surface area contributed by atoms with E-state index in [0.717, 1.165) is 12.1 Å². The molecular weight excluding hydrogens is 278 g/mol. The van der Waals surface area contributed by atoms with Crippen LogP contribution in [0.5, 0.6) is 0 Å². The maximum atomic E-state index is 13.2. The molecule has 1 fully saturated rings. The molecule has 7 heteroatoms. The minimum absolute atomic E-state index is 0.0194. The van der Waals surface area contributed by atoms with Gasteiger partial charge in [0.05, 0.1) is 25.2 Å². The van der Waals surface area contributed by atoms with E-state index in [1.807, 2.05) is 0 Å². The van der Waals surface area contributed by atoms with Crippen molar-refractivity contribution in [3.05, 3.63) is 35.1 Å². The number of hydrogen-bond donors (Lipinski definition) is 0. The van der Waals surface area contributed by atoms with Gasteiger partial charge in [-0.05, 0) is 17.7 Å². The molecule has 0 saturated carbocycles. The van der Waals surface area contributed by atoms with Crippen LogP contribution < -0.4 is 0 Å². The molecule has 0 radical (unpaired) electrons. The van der Waals surface area contributed by atoms with Gasteiger partial charge in [-0.3, -0.25) is 4.79 Å². The monoisotopic (exact) mass is 291 g/mol. The molecule has 0 spiro atoms. The highest BCUT2D eigenvalue weighted by Crippen LogP contribution is 2.32. The first kappa shape index (κ1) is 14.8. The van der Waals surface area contributed by atoms with Crippen molar-refractivity contribution in [2.75, 3.05) is 19.8 Å². The summed E-state index contributed by atoms with van der Waals surface area (Å²) in [7, 11) is 0. The van der Waals surface area contributed by atoms with Gasteiger partial charge in [0.25, 0.3) is 0 Å². The smallest absolute Gasteiger partial charge is 0.379 e. The van der Waals surface area contributed by atoms with Gasteiger partial charge in [0, 0.05) is 13.1 Å². The van der Waals surface area contributed by atoms with Gasteiger partial charge in [-0.1, -0.05) is 6.07 Å². The summed E-state index contributed by atoms with van der Waals surface area (Å²) in [4.78, 5) is 13.1. The molecule has 1 aliphatic rings. The molecule has 0 aliphatic carbocycles. The fourth-order valence-corrected chi connectivity index (χ4v) is 1.99. The van der Waals surface area contributed by atoms with Gasteiger partial charge in [-0.15, -0.1) is 0 Å². The van der Waals surface area contributed by atoms with Gasteiger partial charge in [-0.25, -0.2) is 4.39 Å². The molecule has 1 amide bonds. The molecule has 20 heavy (non-hydrogen) atoms. The molecule has 0 unspecified atom stereocenters. The van der Waals surface area contributed by atoms with Crippen LogP contribution in [0.1, 0.15) is 17.5 Å². The minimum atomic E-state index is -4.74. The lowest BCUT2D eigenvalue weighted by Gasteiger charge is -2.20. The van der Waals surface area contributed by atoms with Crippen molar-refractivity contribution in [1.82, 2.24) is 4.90 Å². The average molecular weight is 291 g/mol. The normalized spacial score (nSPS) is 17.2. The second-order valence-corrected chi connectivity index (χ2v) is 4.49. The standard InChI is InChI=1S/C13H13F4NO2/c14-11-2-1-9(7-10(11)13(15,16)17)8-18-4-6-20-5-3-12(18)19/h1-2,7H,3-6,8H2. The highest BCUT2D eigenvalue weighted by atomic mass is 19.4. The first-order valence-electron chi connectivity index (χ1n) is 6.09. The molecule has 1 aliphatic heterocycles. The first-order valence-corrected chi connectivity index (χ1v) is 6.09. The number of amides is 1. The fourth-order valence-electron chi connectivity index (χ4n) is 1.99. The summed E-state index contributed by atoms with van der Waals surface area (Å²) in [6.45, 7) is 0.995. The topological polar surface area (TPSA) is 29.5 Å². The van der Waals surface area contributed by atoms with E-state index >= 15 is 0 Å². The molecule has 0 bridgehead atoms. The Hall–Kier alpha value is -1.63. The second-order valence-electron chi connectivity index (χ2n) is 4.49. The summed E-state index contributed by atoms with van der Waals surface area (Å²) in [6.07, 6.45) is -4.54. The third-order valence-electron chi connectivity index (χ3n) is 3.03. The maximum Gasteiger partial charge on any atom is 0.419 e. The number of carbonyl (C=O) groups is 1. The summed E-state index contributed by atoms with van der Waals surface area (Å²) in [5.41, 5.74) is -1.07. The third-order valence-corrected chi connectivity index (χ3v) is 3.03. The lowest BCUT2D eigenvalue weighted by Crippen LogP contribution is -2.31. The molecule has 0 atom stereocenters. The van der Waals surface area contributed by atoms with Crippen LogP contribution in [0.15, 0.2) is 18.2 Å². The van der Waals surface area contributed by atoms with Crippen LogP contribution in [-0.4, -0.2) is 30.6 Å². The molecule has 3 nitrogen and oxygen atoms in total. The molecule has 110 valence electrons. The lowest BCUT2D eigenvalue weighted by atomic mass is 10.1. The molecule has 1 saturated heterocycles. The Morgan fingerprint density at radius 2 is 2.00 bits per heavy atom. The van der Waals surface area contributed by atoms with Gasteiger partial charge in [0.2, 0.25) is 5.91 Å². The lowest BCUT2D eigenvalue weighted by molar-refractivity contribution is -0.140. The zero-order valence-corrected chi connectivity index (χ0v) is 10.5. The van der Waals surface area contributed by atoms with Crippen molar-refractivity contribution in [2.45, 2.75) is 19.1 Å². The first-order chi connectivity index (χ1) is 9.38. The van der Waals surface area contributed by atoms with Crippen LogP contribution in [0.2, 0.25) is 0 Å². The predicted octanol–water partition coefficient (Wildman–Crippen LogP) is 2.59. The van der Waals surface area contributed by atoms with Crippen molar-refractivity contribution in [1.29, 1.82) is 0 Å². The Bertz CT molecular complexity index is 502. The van der Waals surface area contributed by atoms with Crippen molar-refractivity contribution in [3.63, 3.8) is 0 Å². The molecule has 1 aromatic rings. The van der Waals surface area contributed by atoms with Crippen molar-refractivity contribution < 1.29 is 27.1 Å². The van der Waals surface area contributed by atoms with Gasteiger partial charge in [-0.2, -0.15) is 13.2 Å². The minimum Gasteiger partial charge on any atom is -0.379 e. The van der Waals surface area contributed by atoms with E-state index in [2.05, 4.69) is 0 Å². The van der Waals surface area contributed by atoms with E-state index in [9.17, 15) is 22.4 Å². The number of ether oxygens (including phenoxy) is 1. The van der Waals surface area contributed by atoms with Crippen LogP contribution in [0, 0.1) is 5.82 Å². The van der Waals surface area contributed by atoms with Gasteiger partial charge in [0.1, 0.15) is 5.82 Å². The SMILES string of the molecule is O=C1CCOCCN1Cc1ccc(F)c(C(F)(F)F)c1. The molecule has 2 rings (SSSR count). The number of halogens is 4. The Labute approximate surface area is 113 Å². The number of benzene rings is 1. The highest BCUT2D eigenvalue weighted by molar-refractivity contribution is 5.76. The molecule has 0 aromatic heterocycles. The fraction of sp³-hybridized carbons (Fsp3) is 0.462. The van der Waals surface area contributed by atoms with E-state index in [-0.39, 0.29) is 24.4 Å². The molecule has 1 aromatic carbocycles. The zero-order valence-electron chi connectivity index (χ0n) is 10.5. The number of hydrogen-bond acceptors (Lipinski definition) is 2. The van der Waals surface area contributed by atoms with Crippen molar-refractivity contribution in [2.24, 2.45) is 0 Å². The van der Waals surface area contributed by atoms with E-state index in [4.69, 9.17) is 4.74 Å². The summed E-state index contributed by atoms with van der Waals surface area (Å²) in [5, 5.41) is 0.